The Labute approximate surface area is 180 Å². The lowest BCUT2D eigenvalue weighted by Crippen LogP contribution is -2.53. The van der Waals surface area contributed by atoms with E-state index in [-0.39, 0.29) is 41.6 Å². The van der Waals surface area contributed by atoms with Crippen LogP contribution in [0.4, 0.5) is 0 Å². The van der Waals surface area contributed by atoms with Gasteiger partial charge in [-0.2, -0.15) is 0 Å². The summed E-state index contributed by atoms with van der Waals surface area (Å²) < 4.78 is 11.8. The topological polar surface area (TPSA) is 46.1 Å². The molecule has 0 bridgehead atoms. The van der Waals surface area contributed by atoms with Crippen LogP contribution < -0.4 is 5.32 Å². The van der Waals surface area contributed by atoms with Crippen LogP contribution in [0, 0.1) is 0 Å². The van der Waals surface area contributed by atoms with Gasteiger partial charge in [-0.25, -0.2) is 0 Å². The second-order valence-electron chi connectivity index (χ2n) is 8.25. The van der Waals surface area contributed by atoms with Crippen LogP contribution in [-0.4, -0.2) is 56.4 Å². The third-order valence-electron chi connectivity index (χ3n) is 5.25. The minimum absolute atomic E-state index is 0. The first kappa shape index (κ1) is 22.4. The molecule has 0 amide bonds. The number of ether oxygens (including phenoxy) is 2. The van der Waals surface area contributed by atoms with Gasteiger partial charge in [0.1, 0.15) is 6.10 Å². The van der Waals surface area contributed by atoms with Crippen LogP contribution >= 0.6 is 24.0 Å². The van der Waals surface area contributed by atoms with Crippen LogP contribution in [0.1, 0.15) is 44.7 Å². The van der Waals surface area contributed by atoms with Crippen molar-refractivity contribution in [3.8, 4) is 0 Å². The first-order chi connectivity index (χ1) is 12.5. The summed E-state index contributed by atoms with van der Waals surface area (Å²) in [4.78, 5) is 6.77. The second-order valence-corrected chi connectivity index (χ2v) is 8.25. The smallest absolute Gasteiger partial charge is 0.194 e. The summed E-state index contributed by atoms with van der Waals surface area (Å²) >= 11 is 0. The Hall–Kier alpha value is -0.860. The summed E-state index contributed by atoms with van der Waals surface area (Å²) in [5.74, 6) is 0.941. The van der Waals surface area contributed by atoms with Crippen LogP contribution in [0.5, 0.6) is 0 Å². The van der Waals surface area contributed by atoms with Gasteiger partial charge in [0.2, 0.25) is 0 Å². The highest BCUT2D eigenvalue weighted by atomic mass is 127. The largest absolute Gasteiger partial charge is 0.375 e. The van der Waals surface area contributed by atoms with E-state index in [1.165, 1.54) is 11.1 Å². The van der Waals surface area contributed by atoms with E-state index in [4.69, 9.17) is 9.47 Å². The lowest BCUT2D eigenvalue weighted by molar-refractivity contribution is -0.0817. The first-order valence-electron chi connectivity index (χ1n) is 9.75. The van der Waals surface area contributed by atoms with E-state index in [0.29, 0.717) is 0 Å². The van der Waals surface area contributed by atoms with E-state index in [9.17, 15) is 0 Å². The molecule has 2 aliphatic rings. The highest BCUT2D eigenvalue weighted by Gasteiger charge is 2.32. The van der Waals surface area contributed by atoms with Crippen molar-refractivity contribution >= 4 is 29.9 Å². The minimum atomic E-state index is 0. The van der Waals surface area contributed by atoms with E-state index in [1.54, 1.807) is 0 Å². The van der Waals surface area contributed by atoms with E-state index in [2.05, 4.69) is 60.2 Å². The van der Waals surface area contributed by atoms with Gasteiger partial charge in [0.25, 0.3) is 0 Å². The molecule has 0 aromatic heterocycles. The molecule has 2 heterocycles. The van der Waals surface area contributed by atoms with Crippen molar-refractivity contribution in [2.45, 2.75) is 57.8 Å². The first-order valence-corrected chi connectivity index (χ1v) is 9.75. The molecule has 27 heavy (non-hydrogen) atoms. The minimum Gasteiger partial charge on any atom is -0.375 e. The lowest BCUT2D eigenvalue weighted by Gasteiger charge is -2.37. The van der Waals surface area contributed by atoms with Crippen LogP contribution in [0.2, 0.25) is 0 Å². The molecule has 0 saturated carbocycles. The van der Waals surface area contributed by atoms with Crippen LogP contribution in [-0.2, 0) is 21.4 Å². The molecule has 2 saturated heterocycles. The van der Waals surface area contributed by atoms with Crippen LogP contribution in [0.3, 0.4) is 0 Å². The van der Waals surface area contributed by atoms with Crippen molar-refractivity contribution in [2.75, 3.05) is 33.4 Å². The Morgan fingerprint density at radius 3 is 2.44 bits per heavy atom. The number of guanidine groups is 1. The molecular formula is C21H34IN3O2. The lowest BCUT2D eigenvalue weighted by atomic mass is 9.87. The molecule has 152 valence electrons. The summed E-state index contributed by atoms with van der Waals surface area (Å²) in [6.45, 7) is 10.8. The van der Waals surface area contributed by atoms with Gasteiger partial charge < -0.3 is 19.7 Å². The van der Waals surface area contributed by atoms with E-state index in [1.807, 2.05) is 7.05 Å². The highest BCUT2D eigenvalue weighted by molar-refractivity contribution is 14.0. The van der Waals surface area contributed by atoms with Gasteiger partial charge in [-0.05, 0) is 29.4 Å². The third-order valence-corrected chi connectivity index (χ3v) is 5.25. The van der Waals surface area contributed by atoms with Crippen molar-refractivity contribution in [1.82, 2.24) is 10.2 Å². The standard InChI is InChI=1S/C21H33N3O2.HI/c1-21(2,3)17-9-7-16(8-10-17)14-23-20(22-4)24-11-13-26-19(15-24)18-6-5-12-25-18;/h7-10,18-19H,5-6,11-15H2,1-4H3,(H,22,23);1H. The number of benzene rings is 1. The molecule has 1 aromatic rings. The summed E-state index contributed by atoms with van der Waals surface area (Å²) in [5, 5.41) is 3.50. The highest BCUT2D eigenvalue weighted by Crippen LogP contribution is 2.23. The van der Waals surface area contributed by atoms with Crippen molar-refractivity contribution < 1.29 is 9.47 Å². The van der Waals surface area contributed by atoms with E-state index < -0.39 is 0 Å². The van der Waals surface area contributed by atoms with Gasteiger partial charge in [0.05, 0.1) is 12.7 Å². The Bertz CT molecular complexity index is 607. The quantitative estimate of drug-likeness (QED) is 0.403. The fourth-order valence-electron chi connectivity index (χ4n) is 3.62. The number of hydrogen-bond donors (Lipinski definition) is 1. The molecule has 2 unspecified atom stereocenters. The Kier molecular flexibility index (Phi) is 8.37. The maximum atomic E-state index is 5.95. The molecule has 1 N–H and O–H groups in total. The fourth-order valence-corrected chi connectivity index (χ4v) is 3.62. The van der Waals surface area contributed by atoms with Gasteiger partial charge in [-0.15, -0.1) is 24.0 Å². The van der Waals surface area contributed by atoms with E-state index in [0.717, 1.165) is 51.6 Å². The molecule has 2 fully saturated rings. The van der Waals surface area contributed by atoms with Crippen molar-refractivity contribution in [1.29, 1.82) is 0 Å². The number of rotatable bonds is 3. The van der Waals surface area contributed by atoms with Crippen LogP contribution in [0.25, 0.3) is 0 Å². The SMILES string of the molecule is CN=C(NCc1ccc(C(C)(C)C)cc1)N1CCOC(C2CCCO2)C1.I. The maximum absolute atomic E-state index is 5.95. The molecule has 3 rings (SSSR count). The van der Waals surface area contributed by atoms with Gasteiger partial charge in [-0.3, -0.25) is 4.99 Å². The van der Waals surface area contributed by atoms with Crippen molar-refractivity contribution in [3.63, 3.8) is 0 Å². The number of nitrogens with zero attached hydrogens (tertiary/aromatic N) is 2. The van der Waals surface area contributed by atoms with Gasteiger partial charge in [0.15, 0.2) is 5.96 Å². The molecule has 2 atom stereocenters. The summed E-state index contributed by atoms with van der Waals surface area (Å²) in [5.41, 5.74) is 2.81. The number of nitrogens with one attached hydrogen (secondary N) is 1. The maximum Gasteiger partial charge on any atom is 0.194 e. The van der Waals surface area contributed by atoms with Gasteiger partial charge in [0, 0.05) is 33.3 Å². The average Bonchev–Trinajstić information content (AvgIpc) is 3.17. The molecule has 0 spiro atoms. The molecule has 2 aliphatic heterocycles. The number of morpholine rings is 1. The van der Waals surface area contributed by atoms with Gasteiger partial charge in [-0.1, -0.05) is 45.0 Å². The molecule has 0 aliphatic carbocycles. The van der Waals surface area contributed by atoms with Crippen molar-refractivity contribution in [2.24, 2.45) is 4.99 Å². The number of aliphatic imine (C=N–C) groups is 1. The summed E-state index contributed by atoms with van der Waals surface area (Å²) in [7, 11) is 1.85. The molecule has 6 heteroatoms. The monoisotopic (exact) mass is 487 g/mol. The molecule has 1 aromatic carbocycles. The number of hydrogen-bond acceptors (Lipinski definition) is 3. The van der Waals surface area contributed by atoms with Crippen LogP contribution in [0.15, 0.2) is 29.3 Å². The number of halogens is 1. The zero-order valence-electron chi connectivity index (χ0n) is 17.0. The fraction of sp³-hybridized carbons (Fsp3) is 0.667. The zero-order chi connectivity index (χ0) is 18.6. The molecule has 0 radical (unpaired) electrons. The summed E-state index contributed by atoms with van der Waals surface area (Å²) in [6, 6.07) is 8.86. The average molecular weight is 487 g/mol. The second kappa shape index (κ2) is 10.1. The Morgan fingerprint density at radius 2 is 1.85 bits per heavy atom. The predicted octanol–water partition coefficient (Wildman–Crippen LogP) is 3.56. The third kappa shape index (κ3) is 6.06. The molecule has 5 nitrogen and oxygen atoms in total. The zero-order valence-corrected chi connectivity index (χ0v) is 19.4. The Balaban J connectivity index is 0.00000261. The normalized spacial score (nSPS) is 23.9. The predicted molar refractivity (Wildman–Crippen MR) is 121 cm³/mol. The van der Waals surface area contributed by atoms with E-state index >= 15 is 0 Å². The Morgan fingerprint density at radius 1 is 1.15 bits per heavy atom. The summed E-state index contributed by atoms with van der Waals surface area (Å²) in [6.07, 6.45) is 2.63. The molecular weight excluding hydrogens is 453 g/mol. The van der Waals surface area contributed by atoms with Gasteiger partial charge >= 0.3 is 0 Å². The van der Waals surface area contributed by atoms with Crippen molar-refractivity contribution in [3.05, 3.63) is 35.4 Å².